The van der Waals surface area contributed by atoms with E-state index in [4.69, 9.17) is 4.74 Å². The maximum Gasteiger partial charge on any atom is 0.333 e. The Balaban J connectivity index is 2.16. The molecule has 0 amide bonds. The zero-order valence-corrected chi connectivity index (χ0v) is 12.7. The first-order valence-electron chi connectivity index (χ1n) is 6.84. The molecule has 2 atom stereocenters. The number of methoxy groups -OCH3 is 1. The summed E-state index contributed by atoms with van der Waals surface area (Å²) in [5.74, 6) is 0.741. The highest BCUT2D eigenvalue weighted by atomic mass is 32.2. The highest BCUT2D eigenvalue weighted by Gasteiger charge is 2.24. The average Bonchev–Trinajstić information content (AvgIpc) is 2.53. The largest absolute Gasteiger partial charge is 0.467 e. The molecule has 1 aliphatic rings. The van der Waals surface area contributed by atoms with Gasteiger partial charge < -0.3 is 10.1 Å². The summed E-state index contributed by atoms with van der Waals surface area (Å²) in [6, 6.07) is 9.45. The average molecular weight is 292 g/mol. The van der Waals surface area contributed by atoms with E-state index in [9.17, 15) is 4.79 Å². The van der Waals surface area contributed by atoms with Crippen LogP contribution in [0.25, 0.3) is 0 Å². The molecule has 1 heterocycles. The Bertz CT molecular complexity index is 476. The Morgan fingerprint density at radius 2 is 2.25 bits per heavy atom. The fourth-order valence-corrected chi connectivity index (χ4v) is 3.11. The van der Waals surface area contributed by atoms with E-state index in [1.165, 1.54) is 7.11 Å². The number of carbonyl (C=O) groups excluding carboxylic acids is 1. The van der Waals surface area contributed by atoms with E-state index in [0.717, 1.165) is 29.3 Å². The van der Waals surface area contributed by atoms with E-state index in [2.05, 4.69) is 17.2 Å². The van der Waals surface area contributed by atoms with Crippen molar-refractivity contribution >= 4 is 22.9 Å². The van der Waals surface area contributed by atoms with Gasteiger partial charge >= 0.3 is 5.97 Å². The first kappa shape index (κ1) is 14.9. The van der Waals surface area contributed by atoms with Crippen LogP contribution in [0.15, 0.2) is 35.3 Å². The minimum atomic E-state index is -0.497. The molecule has 1 aromatic carbocycles. The fraction of sp³-hybridized carbons (Fsp3) is 0.467. The van der Waals surface area contributed by atoms with Crippen LogP contribution >= 0.6 is 11.8 Å². The molecule has 1 N–H and O–H groups in total. The Kier molecular flexibility index (Phi) is 5.47. The van der Waals surface area contributed by atoms with Crippen molar-refractivity contribution in [3.05, 3.63) is 35.9 Å². The van der Waals surface area contributed by atoms with Crippen LogP contribution in [0.3, 0.4) is 0 Å². The number of benzene rings is 1. The molecule has 0 radical (unpaired) electrons. The van der Waals surface area contributed by atoms with Crippen molar-refractivity contribution in [2.75, 3.05) is 12.9 Å². The molecule has 2 rings (SSSR count). The number of esters is 1. The molecule has 0 spiro atoms. The van der Waals surface area contributed by atoms with Crippen LogP contribution in [0.2, 0.25) is 0 Å². The number of hydrogen-bond donors (Lipinski definition) is 1. The highest BCUT2D eigenvalue weighted by molar-refractivity contribution is 8.13. The van der Waals surface area contributed by atoms with Gasteiger partial charge in [0.1, 0.15) is 0 Å². The van der Waals surface area contributed by atoms with Gasteiger partial charge in [0.2, 0.25) is 0 Å². The van der Waals surface area contributed by atoms with Crippen LogP contribution in [0.5, 0.6) is 0 Å². The normalized spacial score (nSPS) is 19.9. The molecule has 0 aliphatic carbocycles. The van der Waals surface area contributed by atoms with Crippen LogP contribution < -0.4 is 5.32 Å². The first-order valence-corrected chi connectivity index (χ1v) is 7.83. The zero-order chi connectivity index (χ0) is 14.4. The minimum Gasteiger partial charge on any atom is -0.467 e. The molecule has 0 aromatic heterocycles. The van der Waals surface area contributed by atoms with Crippen molar-refractivity contribution in [3.63, 3.8) is 0 Å². The number of nitrogens with zero attached hydrogens (tertiary/aromatic N) is 1. The smallest absolute Gasteiger partial charge is 0.333 e. The lowest BCUT2D eigenvalue weighted by molar-refractivity contribution is -0.142. The van der Waals surface area contributed by atoms with Crippen molar-refractivity contribution in [1.82, 2.24) is 5.32 Å². The Morgan fingerprint density at radius 1 is 1.50 bits per heavy atom. The summed E-state index contributed by atoms with van der Waals surface area (Å²) < 4.78 is 4.90. The second-order valence-electron chi connectivity index (χ2n) is 4.64. The lowest BCUT2D eigenvalue weighted by atomic mass is 10.1. The monoisotopic (exact) mass is 292 g/mol. The second-order valence-corrected chi connectivity index (χ2v) is 5.73. The van der Waals surface area contributed by atoms with Crippen molar-refractivity contribution in [3.8, 4) is 0 Å². The van der Waals surface area contributed by atoms with Gasteiger partial charge in [-0.3, -0.25) is 4.99 Å². The van der Waals surface area contributed by atoms with E-state index in [0.29, 0.717) is 6.04 Å². The van der Waals surface area contributed by atoms with Gasteiger partial charge in [0, 0.05) is 5.75 Å². The minimum absolute atomic E-state index is 0.293. The molecule has 108 valence electrons. The molecule has 5 heteroatoms. The lowest BCUT2D eigenvalue weighted by Gasteiger charge is -2.23. The van der Waals surface area contributed by atoms with Gasteiger partial charge in [-0.1, -0.05) is 49.0 Å². The number of hydrogen-bond acceptors (Lipinski definition) is 5. The van der Waals surface area contributed by atoms with Crippen molar-refractivity contribution in [1.29, 1.82) is 0 Å². The van der Waals surface area contributed by atoms with Crippen LogP contribution in [0.4, 0.5) is 0 Å². The van der Waals surface area contributed by atoms with E-state index in [1.807, 2.05) is 30.3 Å². The molecule has 0 bridgehead atoms. The molecule has 20 heavy (non-hydrogen) atoms. The zero-order valence-electron chi connectivity index (χ0n) is 11.8. The molecule has 0 saturated heterocycles. The fourth-order valence-electron chi connectivity index (χ4n) is 2.10. The number of rotatable bonds is 4. The quantitative estimate of drug-likeness (QED) is 0.867. The number of aliphatic imine (C=N–C) groups is 1. The second kappa shape index (κ2) is 7.33. The van der Waals surface area contributed by atoms with Gasteiger partial charge in [-0.15, -0.1) is 0 Å². The van der Waals surface area contributed by atoms with Crippen LogP contribution in [0, 0.1) is 0 Å². The van der Waals surface area contributed by atoms with Gasteiger partial charge in [0.15, 0.2) is 11.2 Å². The molecule has 2 unspecified atom stereocenters. The van der Waals surface area contributed by atoms with Crippen molar-refractivity contribution < 1.29 is 9.53 Å². The number of nitrogens with one attached hydrogen (secondary N) is 1. The van der Waals surface area contributed by atoms with E-state index in [-0.39, 0.29) is 5.97 Å². The van der Waals surface area contributed by atoms with E-state index in [1.54, 1.807) is 11.8 Å². The van der Waals surface area contributed by atoms with Gasteiger partial charge in [-0.2, -0.15) is 0 Å². The maximum atomic E-state index is 12.0. The number of amidine groups is 1. The number of ether oxygens (including phenoxy) is 1. The Labute approximate surface area is 124 Å². The van der Waals surface area contributed by atoms with Gasteiger partial charge in [-0.25, -0.2) is 4.79 Å². The maximum absolute atomic E-state index is 12.0. The molecule has 1 aliphatic heterocycles. The van der Waals surface area contributed by atoms with Crippen molar-refractivity contribution in [2.45, 2.75) is 31.8 Å². The summed E-state index contributed by atoms with van der Waals surface area (Å²) in [6.45, 7) is 2.14. The third-order valence-corrected chi connectivity index (χ3v) is 4.24. The molecule has 0 saturated carbocycles. The SMILES string of the molecule is CCC1CCSC(NC(C(=O)OC)c2ccccc2)=N1. The molecule has 1 aromatic rings. The summed E-state index contributed by atoms with van der Waals surface area (Å²) >= 11 is 1.66. The molecule has 4 nitrogen and oxygen atoms in total. The Morgan fingerprint density at radius 3 is 2.90 bits per heavy atom. The summed E-state index contributed by atoms with van der Waals surface area (Å²) in [5.41, 5.74) is 0.890. The van der Waals surface area contributed by atoms with E-state index < -0.39 is 6.04 Å². The highest BCUT2D eigenvalue weighted by Crippen LogP contribution is 2.22. The van der Waals surface area contributed by atoms with Gasteiger partial charge in [0.05, 0.1) is 13.2 Å². The summed E-state index contributed by atoms with van der Waals surface area (Å²) in [7, 11) is 1.41. The van der Waals surface area contributed by atoms with Gasteiger partial charge in [-0.05, 0) is 18.4 Å². The number of carbonyl (C=O) groups is 1. The number of thioether (sulfide) groups is 1. The predicted octanol–water partition coefficient (Wildman–Crippen LogP) is 2.76. The van der Waals surface area contributed by atoms with E-state index >= 15 is 0 Å². The molecule has 0 fully saturated rings. The molecular weight excluding hydrogens is 272 g/mol. The lowest BCUT2D eigenvalue weighted by Crippen LogP contribution is -2.35. The molecular formula is C15H20N2O2S. The predicted molar refractivity (Wildman–Crippen MR) is 82.9 cm³/mol. The van der Waals surface area contributed by atoms with Crippen LogP contribution in [0.1, 0.15) is 31.4 Å². The topological polar surface area (TPSA) is 50.7 Å². The first-order chi connectivity index (χ1) is 9.74. The summed E-state index contributed by atoms with van der Waals surface area (Å²) in [5, 5.41) is 4.06. The van der Waals surface area contributed by atoms with Crippen LogP contribution in [-0.2, 0) is 9.53 Å². The third kappa shape index (κ3) is 3.76. The van der Waals surface area contributed by atoms with Gasteiger partial charge in [0.25, 0.3) is 0 Å². The summed E-state index contributed by atoms with van der Waals surface area (Å²) in [6.07, 6.45) is 2.13. The Hall–Kier alpha value is -1.49. The van der Waals surface area contributed by atoms with Crippen molar-refractivity contribution in [2.24, 2.45) is 4.99 Å². The van der Waals surface area contributed by atoms with Crippen LogP contribution in [-0.4, -0.2) is 30.0 Å². The standard InChI is InChI=1S/C15H20N2O2S/c1-3-12-9-10-20-15(16-12)17-13(14(18)19-2)11-7-5-4-6-8-11/h4-8,12-13H,3,9-10H2,1-2H3,(H,16,17). The summed E-state index contributed by atoms with van der Waals surface area (Å²) in [4.78, 5) is 16.6. The third-order valence-electron chi connectivity index (χ3n) is 3.30.